The van der Waals surface area contributed by atoms with Gasteiger partial charge >= 0.3 is 0 Å². The van der Waals surface area contributed by atoms with E-state index in [1.54, 1.807) is 0 Å². The van der Waals surface area contributed by atoms with Crippen LogP contribution in [0.2, 0.25) is 0 Å². The predicted molar refractivity (Wildman–Crippen MR) is 47.5 cm³/mol. The molecule has 0 saturated heterocycles. The van der Waals surface area contributed by atoms with Crippen LogP contribution in [0.4, 0.5) is 0 Å². The van der Waals surface area contributed by atoms with E-state index in [-0.39, 0.29) is 12.2 Å². The van der Waals surface area contributed by atoms with Gasteiger partial charge in [0.2, 0.25) is 0 Å². The van der Waals surface area contributed by atoms with Crippen LogP contribution in [0.1, 0.15) is 27.7 Å². The SMILES string of the molecule is C/C=C1\C=C(C)[C@@H](C)O[C@H]1C. The van der Waals surface area contributed by atoms with Crippen LogP contribution in [0, 0.1) is 0 Å². The van der Waals surface area contributed by atoms with Gasteiger partial charge in [-0.1, -0.05) is 12.2 Å². The van der Waals surface area contributed by atoms with Crippen LogP contribution in [0.3, 0.4) is 0 Å². The van der Waals surface area contributed by atoms with Crippen molar-refractivity contribution in [3.63, 3.8) is 0 Å². The molecule has 1 rings (SSSR count). The highest BCUT2D eigenvalue weighted by Gasteiger charge is 2.17. The summed E-state index contributed by atoms with van der Waals surface area (Å²) in [5.41, 5.74) is 2.61. The lowest BCUT2D eigenvalue weighted by Crippen LogP contribution is -2.24. The molecule has 2 atom stereocenters. The molecule has 0 saturated carbocycles. The highest BCUT2D eigenvalue weighted by molar-refractivity contribution is 5.29. The first-order chi connectivity index (χ1) is 5.15. The maximum atomic E-state index is 5.67. The Bertz CT molecular complexity index is 201. The van der Waals surface area contributed by atoms with Gasteiger partial charge in [0, 0.05) is 0 Å². The van der Waals surface area contributed by atoms with E-state index in [4.69, 9.17) is 4.74 Å². The van der Waals surface area contributed by atoms with E-state index in [1.165, 1.54) is 11.1 Å². The molecule has 11 heavy (non-hydrogen) atoms. The number of allylic oxidation sites excluding steroid dienone is 1. The average Bonchev–Trinajstić information content (AvgIpc) is 1.97. The summed E-state index contributed by atoms with van der Waals surface area (Å²) in [6.45, 7) is 8.35. The molecule has 0 spiro atoms. The Balaban J connectivity index is 2.86. The average molecular weight is 152 g/mol. The lowest BCUT2D eigenvalue weighted by Gasteiger charge is -2.26. The summed E-state index contributed by atoms with van der Waals surface area (Å²) < 4.78 is 5.67. The summed E-state index contributed by atoms with van der Waals surface area (Å²) >= 11 is 0. The molecule has 0 amide bonds. The van der Waals surface area contributed by atoms with Crippen molar-refractivity contribution in [2.45, 2.75) is 39.9 Å². The summed E-state index contributed by atoms with van der Waals surface area (Å²) in [7, 11) is 0. The molecule has 0 fully saturated rings. The fraction of sp³-hybridized carbons (Fsp3) is 0.600. The van der Waals surface area contributed by atoms with Crippen molar-refractivity contribution in [2.24, 2.45) is 0 Å². The predicted octanol–water partition coefficient (Wildman–Crippen LogP) is 2.69. The van der Waals surface area contributed by atoms with Gasteiger partial charge in [-0.15, -0.1) is 0 Å². The molecule has 0 aromatic rings. The van der Waals surface area contributed by atoms with Crippen LogP contribution < -0.4 is 0 Å². The smallest absolute Gasteiger partial charge is 0.0801 e. The van der Waals surface area contributed by atoms with E-state index in [2.05, 4.69) is 39.8 Å². The Morgan fingerprint density at radius 1 is 1.36 bits per heavy atom. The fourth-order valence-electron chi connectivity index (χ4n) is 1.31. The minimum atomic E-state index is 0.263. The molecule has 0 bridgehead atoms. The van der Waals surface area contributed by atoms with Crippen LogP contribution in [-0.4, -0.2) is 12.2 Å². The third-order valence-corrected chi connectivity index (χ3v) is 2.25. The van der Waals surface area contributed by atoms with Gasteiger partial charge in [0.05, 0.1) is 12.2 Å². The third kappa shape index (κ3) is 1.72. The van der Waals surface area contributed by atoms with Crippen molar-refractivity contribution in [3.05, 3.63) is 23.3 Å². The largest absolute Gasteiger partial charge is 0.367 e. The summed E-state index contributed by atoms with van der Waals surface area (Å²) in [4.78, 5) is 0. The van der Waals surface area contributed by atoms with Gasteiger partial charge in [0.1, 0.15) is 0 Å². The molecular formula is C10H16O. The lowest BCUT2D eigenvalue weighted by atomic mass is 10.0. The van der Waals surface area contributed by atoms with Crippen LogP contribution in [0.15, 0.2) is 23.3 Å². The highest BCUT2D eigenvalue weighted by Crippen LogP contribution is 2.22. The van der Waals surface area contributed by atoms with Gasteiger partial charge < -0.3 is 4.74 Å². The molecule has 1 nitrogen and oxygen atoms in total. The normalized spacial score (nSPS) is 35.6. The molecule has 0 aromatic carbocycles. The van der Waals surface area contributed by atoms with Gasteiger partial charge in [0.25, 0.3) is 0 Å². The molecule has 1 heteroatoms. The van der Waals surface area contributed by atoms with E-state index in [1.807, 2.05) is 0 Å². The Kier molecular flexibility index (Phi) is 2.50. The second-order valence-corrected chi connectivity index (χ2v) is 3.10. The molecule has 1 aliphatic heterocycles. The van der Waals surface area contributed by atoms with Gasteiger partial charge in [-0.3, -0.25) is 0 Å². The first-order valence-electron chi connectivity index (χ1n) is 4.15. The van der Waals surface area contributed by atoms with Crippen molar-refractivity contribution in [1.82, 2.24) is 0 Å². The molecule has 1 heterocycles. The minimum Gasteiger partial charge on any atom is -0.367 e. The van der Waals surface area contributed by atoms with Crippen molar-refractivity contribution < 1.29 is 4.74 Å². The minimum absolute atomic E-state index is 0.263. The number of rotatable bonds is 0. The van der Waals surface area contributed by atoms with E-state index in [0.717, 1.165) is 0 Å². The van der Waals surface area contributed by atoms with Gasteiger partial charge in [0.15, 0.2) is 0 Å². The second-order valence-electron chi connectivity index (χ2n) is 3.10. The Labute approximate surface area is 68.8 Å². The number of hydrogen-bond acceptors (Lipinski definition) is 1. The molecular weight excluding hydrogens is 136 g/mol. The lowest BCUT2D eigenvalue weighted by molar-refractivity contribution is 0.0441. The Morgan fingerprint density at radius 2 is 2.00 bits per heavy atom. The van der Waals surface area contributed by atoms with Crippen molar-refractivity contribution in [1.29, 1.82) is 0 Å². The fourth-order valence-corrected chi connectivity index (χ4v) is 1.31. The Hall–Kier alpha value is -0.560. The molecule has 0 unspecified atom stereocenters. The van der Waals surface area contributed by atoms with Crippen molar-refractivity contribution >= 4 is 0 Å². The van der Waals surface area contributed by atoms with Crippen molar-refractivity contribution in [2.75, 3.05) is 0 Å². The van der Waals surface area contributed by atoms with E-state index in [9.17, 15) is 0 Å². The van der Waals surface area contributed by atoms with Gasteiger partial charge in [-0.05, 0) is 38.8 Å². The number of hydrogen-bond donors (Lipinski definition) is 0. The molecule has 0 radical (unpaired) electrons. The molecule has 0 aliphatic carbocycles. The third-order valence-electron chi connectivity index (χ3n) is 2.25. The first-order valence-corrected chi connectivity index (χ1v) is 4.15. The van der Waals surface area contributed by atoms with Gasteiger partial charge in [-0.2, -0.15) is 0 Å². The van der Waals surface area contributed by atoms with E-state index < -0.39 is 0 Å². The molecule has 0 aromatic heterocycles. The monoisotopic (exact) mass is 152 g/mol. The van der Waals surface area contributed by atoms with Crippen LogP contribution in [-0.2, 0) is 4.74 Å². The topological polar surface area (TPSA) is 9.23 Å². The summed E-state index contributed by atoms with van der Waals surface area (Å²) in [6, 6.07) is 0. The quantitative estimate of drug-likeness (QED) is 0.518. The second kappa shape index (κ2) is 3.22. The van der Waals surface area contributed by atoms with Gasteiger partial charge in [-0.25, -0.2) is 0 Å². The standard InChI is InChI=1S/C10H16O/c1-5-10-6-7(2)8(3)11-9(10)4/h5-6,8-9H,1-4H3/b10-5+/t8-,9+/m1/s1. The van der Waals surface area contributed by atoms with E-state index in [0.29, 0.717) is 0 Å². The zero-order chi connectivity index (χ0) is 8.43. The summed E-state index contributed by atoms with van der Waals surface area (Å²) in [5.74, 6) is 0. The van der Waals surface area contributed by atoms with Crippen LogP contribution >= 0.6 is 0 Å². The molecule has 0 N–H and O–H groups in total. The zero-order valence-electron chi connectivity index (χ0n) is 7.72. The number of ether oxygens (including phenoxy) is 1. The van der Waals surface area contributed by atoms with Crippen LogP contribution in [0.5, 0.6) is 0 Å². The molecule has 62 valence electrons. The van der Waals surface area contributed by atoms with Crippen molar-refractivity contribution in [3.8, 4) is 0 Å². The Morgan fingerprint density at radius 3 is 2.55 bits per heavy atom. The van der Waals surface area contributed by atoms with Crippen LogP contribution in [0.25, 0.3) is 0 Å². The summed E-state index contributed by atoms with van der Waals surface area (Å²) in [5, 5.41) is 0. The maximum absolute atomic E-state index is 5.67. The summed E-state index contributed by atoms with van der Waals surface area (Å²) in [6.07, 6.45) is 4.88. The van der Waals surface area contributed by atoms with E-state index >= 15 is 0 Å². The first kappa shape index (κ1) is 8.54. The molecule has 1 aliphatic rings. The zero-order valence-corrected chi connectivity index (χ0v) is 7.72. The maximum Gasteiger partial charge on any atom is 0.0801 e. The highest BCUT2D eigenvalue weighted by atomic mass is 16.5.